The number of nitriles is 1. The second-order valence-electron chi connectivity index (χ2n) is 8.69. The standard InChI is InChI=1S/C24H29N3O3/c1-17-14-19-20(15-24(2,3)16-21(19)30-17)26-22(28)10-11-23(29)27(13-7-12-25)18-8-5-4-6-9-18/h4-6,8-9,14,20H,7,10-11,13,15-16H2,1-3H3,(H,26,28). The minimum atomic E-state index is -0.157. The molecule has 0 fully saturated rings. The van der Waals surface area contributed by atoms with Gasteiger partial charge in [0.1, 0.15) is 11.5 Å². The zero-order valence-electron chi connectivity index (χ0n) is 17.9. The quantitative estimate of drug-likeness (QED) is 0.735. The van der Waals surface area contributed by atoms with E-state index in [0.29, 0.717) is 6.54 Å². The van der Waals surface area contributed by atoms with Gasteiger partial charge in [-0.1, -0.05) is 32.0 Å². The molecule has 0 saturated heterocycles. The maximum Gasteiger partial charge on any atom is 0.227 e. The molecule has 1 aromatic carbocycles. The molecule has 6 nitrogen and oxygen atoms in total. The number of hydrogen-bond acceptors (Lipinski definition) is 4. The smallest absolute Gasteiger partial charge is 0.227 e. The summed E-state index contributed by atoms with van der Waals surface area (Å²) in [6.07, 6.45) is 2.13. The Morgan fingerprint density at radius 3 is 2.70 bits per heavy atom. The number of aryl methyl sites for hydroxylation is 1. The summed E-state index contributed by atoms with van der Waals surface area (Å²) < 4.78 is 5.83. The largest absolute Gasteiger partial charge is 0.466 e. The van der Waals surface area contributed by atoms with Crippen LogP contribution in [0.2, 0.25) is 0 Å². The monoisotopic (exact) mass is 407 g/mol. The van der Waals surface area contributed by atoms with Gasteiger partial charge in [-0.15, -0.1) is 0 Å². The van der Waals surface area contributed by atoms with Gasteiger partial charge in [0.15, 0.2) is 0 Å². The van der Waals surface area contributed by atoms with Gasteiger partial charge in [0.25, 0.3) is 0 Å². The average molecular weight is 408 g/mol. The Balaban J connectivity index is 1.62. The van der Waals surface area contributed by atoms with Crippen LogP contribution in [0.25, 0.3) is 0 Å². The van der Waals surface area contributed by atoms with Crippen molar-refractivity contribution in [2.45, 2.75) is 58.9 Å². The number of nitrogens with zero attached hydrogens (tertiary/aromatic N) is 2. The fourth-order valence-electron chi connectivity index (χ4n) is 4.10. The summed E-state index contributed by atoms with van der Waals surface area (Å²) in [6.45, 7) is 6.57. The third-order valence-electron chi connectivity index (χ3n) is 5.45. The molecule has 158 valence electrons. The van der Waals surface area contributed by atoms with E-state index in [-0.39, 0.29) is 42.5 Å². The first-order valence-electron chi connectivity index (χ1n) is 10.4. The van der Waals surface area contributed by atoms with Crippen LogP contribution in [-0.2, 0) is 16.0 Å². The van der Waals surface area contributed by atoms with Crippen molar-refractivity contribution < 1.29 is 14.0 Å². The summed E-state index contributed by atoms with van der Waals surface area (Å²) in [4.78, 5) is 27.0. The van der Waals surface area contributed by atoms with Crippen LogP contribution >= 0.6 is 0 Å². The molecule has 1 aromatic heterocycles. The predicted octanol–water partition coefficient (Wildman–Crippen LogP) is 4.44. The molecule has 2 aromatic rings. The normalized spacial score (nSPS) is 16.9. The van der Waals surface area contributed by atoms with Crippen molar-refractivity contribution in [2.75, 3.05) is 11.4 Å². The van der Waals surface area contributed by atoms with Crippen LogP contribution in [0.1, 0.15) is 62.7 Å². The molecular weight excluding hydrogens is 378 g/mol. The third kappa shape index (κ3) is 5.29. The number of nitrogens with one attached hydrogen (secondary N) is 1. The van der Waals surface area contributed by atoms with Gasteiger partial charge < -0.3 is 14.6 Å². The molecule has 0 spiro atoms. The molecule has 1 aliphatic carbocycles. The van der Waals surface area contributed by atoms with E-state index < -0.39 is 0 Å². The number of hydrogen-bond donors (Lipinski definition) is 1. The summed E-state index contributed by atoms with van der Waals surface area (Å²) in [7, 11) is 0. The molecule has 0 saturated carbocycles. The number of benzene rings is 1. The summed E-state index contributed by atoms with van der Waals surface area (Å²) in [5, 5.41) is 12.0. The lowest BCUT2D eigenvalue weighted by atomic mass is 9.74. The van der Waals surface area contributed by atoms with Crippen molar-refractivity contribution in [1.82, 2.24) is 5.32 Å². The molecule has 2 amide bonds. The molecule has 6 heteroatoms. The molecule has 1 N–H and O–H groups in total. The Hall–Kier alpha value is -3.07. The molecule has 1 atom stereocenters. The lowest BCUT2D eigenvalue weighted by Crippen LogP contribution is -2.37. The molecule has 0 aliphatic heterocycles. The Bertz CT molecular complexity index is 940. The Labute approximate surface area is 177 Å². The summed E-state index contributed by atoms with van der Waals surface area (Å²) >= 11 is 0. The van der Waals surface area contributed by atoms with E-state index in [2.05, 4.69) is 25.2 Å². The van der Waals surface area contributed by atoms with E-state index >= 15 is 0 Å². The molecular formula is C24H29N3O3. The third-order valence-corrected chi connectivity index (χ3v) is 5.45. The first-order valence-corrected chi connectivity index (χ1v) is 10.4. The number of para-hydroxylation sites is 1. The molecule has 1 unspecified atom stereocenters. The minimum Gasteiger partial charge on any atom is -0.466 e. The van der Waals surface area contributed by atoms with E-state index in [1.807, 2.05) is 43.3 Å². The average Bonchev–Trinajstić information content (AvgIpc) is 3.06. The first kappa shape index (κ1) is 21.6. The van der Waals surface area contributed by atoms with Gasteiger partial charge in [-0.25, -0.2) is 0 Å². The molecule has 30 heavy (non-hydrogen) atoms. The van der Waals surface area contributed by atoms with Crippen molar-refractivity contribution in [3.63, 3.8) is 0 Å². The highest BCUT2D eigenvalue weighted by Gasteiger charge is 2.35. The lowest BCUT2D eigenvalue weighted by Gasteiger charge is -2.34. The van der Waals surface area contributed by atoms with Gasteiger partial charge in [-0.3, -0.25) is 9.59 Å². The fraction of sp³-hybridized carbons (Fsp3) is 0.458. The Morgan fingerprint density at radius 2 is 2.00 bits per heavy atom. The van der Waals surface area contributed by atoms with Crippen LogP contribution in [0.4, 0.5) is 5.69 Å². The number of rotatable bonds is 7. The summed E-state index contributed by atoms with van der Waals surface area (Å²) in [5.74, 6) is 1.49. The second-order valence-corrected chi connectivity index (χ2v) is 8.69. The van der Waals surface area contributed by atoms with Gasteiger partial charge in [-0.2, -0.15) is 5.26 Å². The Kier molecular flexibility index (Phi) is 6.61. The van der Waals surface area contributed by atoms with E-state index in [9.17, 15) is 9.59 Å². The van der Waals surface area contributed by atoms with Crippen molar-refractivity contribution in [1.29, 1.82) is 5.26 Å². The highest BCUT2D eigenvalue weighted by molar-refractivity contribution is 5.95. The Morgan fingerprint density at radius 1 is 1.27 bits per heavy atom. The van der Waals surface area contributed by atoms with Crippen molar-refractivity contribution in [3.05, 3.63) is 53.5 Å². The number of anilines is 1. The molecule has 1 heterocycles. The number of furan rings is 1. The SMILES string of the molecule is Cc1cc2c(o1)CC(C)(C)CC2NC(=O)CCC(=O)N(CCC#N)c1ccccc1. The number of carbonyl (C=O) groups excluding carboxylic acids is 2. The van der Waals surface area contributed by atoms with Crippen LogP contribution in [0.3, 0.4) is 0 Å². The molecule has 0 radical (unpaired) electrons. The zero-order valence-corrected chi connectivity index (χ0v) is 17.9. The van der Waals surface area contributed by atoms with Gasteiger partial charge in [0, 0.05) is 37.1 Å². The molecule has 1 aliphatic rings. The first-order chi connectivity index (χ1) is 14.3. The van der Waals surface area contributed by atoms with Gasteiger partial charge in [0.05, 0.1) is 18.5 Å². The van der Waals surface area contributed by atoms with E-state index in [4.69, 9.17) is 9.68 Å². The number of fused-ring (bicyclic) bond motifs is 1. The summed E-state index contributed by atoms with van der Waals surface area (Å²) in [5.41, 5.74) is 1.82. The highest BCUT2D eigenvalue weighted by atomic mass is 16.3. The van der Waals surface area contributed by atoms with Crippen LogP contribution in [0.15, 0.2) is 40.8 Å². The summed E-state index contributed by atoms with van der Waals surface area (Å²) in [6, 6.07) is 13.2. The zero-order chi connectivity index (χ0) is 21.7. The lowest BCUT2D eigenvalue weighted by molar-refractivity contribution is -0.125. The van der Waals surface area contributed by atoms with Gasteiger partial charge >= 0.3 is 0 Å². The number of carbonyl (C=O) groups is 2. The fourth-order valence-corrected chi connectivity index (χ4v) is 4.10. The molecule has 3 rings (SSSR count). The van der Waals surface area contributed by atoms with Gasteiger partial charge in [0.2, 0.25) is 11.8 Å². The highest BCUT2D eigenvalue weighted by Crippen LogP contribution is 2.42. The van der Waals surface area contributed by atoms with E-state index in [1.54, 1.807) is 4.90 Å². The van der Waals surface area contributed by atoms with E-state index in [0.717, 1.165) is 35.6 Å². The minimum absolute atomic E-state index is 0.0342. The van der Waals surface area contributed by atoms with Gasteiger partial charge in [-0.05, 0) is 37.0 Å². The maximum atomic E-state index is 12.8. The van der Waals surface area contributed by atoms with Crippen molar-refractivity contribution in [3.8, 4) is 6.07 Å². The number of amides is 2. The molecule has 0 bridgehead atoms. The van der Waals surface area contributed by atoms with Crippen LogP contribution in [-0.4, -0.2) is 18.4 Å². The maximum absolute atomic E-state index is 12.8. The van der Waals surface area contributed by atoms with Crippen LogP contribution in [0.5, 0.6) is 0 Å². The van der Waals surface area contributed by atoms with Crippen LogP contribution in [0, 0.1) is 23.7 Å². The second kappa shape index (κ2) is 9.17. The topological polar surface area (TPSA) is 86.3 Å². The van der Waals surface area contributed by atoms with Crippen molar-refractivity contribution in [2.24, 2.45) is 5.41 Å². The predicted molar refractivity (Wildman–Crippen MR) is 115 cm³/mol. The van der Waals surface area contributed by atoms with E-state index in [1.165, 1.54) is 0 Å². The van der Waals surface area contributed by atoms with Crippen molar-refractivity contribution >= 4 is 17.5 Å². The van der Waals surface area contributed by atoms with Crippen LogP contribution < -0.4 is 10.2 Å².